The third-order valence-electron chi connectivity index (χ3n) is 3.28. The summed E-state index contributed by atoms with van der Waals surface area (Å²) in [7, 11) is 1.43. The van der Waals surface area contributed by atoms with Gasteiger partial charge in [0.15, 0.2) is 0 Å². The van der Waals surface area contributed by atoms with E-state index in [1.165, 1.54) is 7.11 Å². The molecule has 13 heavy (non-hydrogen) atoms. The maximum atomic E-state index is 11.4. The van der Waals surface area contributed by atoms with Crippen molar-refractivity contribution in [2.75, 3.05) is 7.11 Å². The Morgan fingerprint density at radius 3 is 2.46 bits per heavy atom. The minimum Gasteiger partial charge on any atom is -0.469 e. The van der Waals surface area contributed by atoms with E-state index in [2.05, 4.69) is 12.2 Å². The molecule has 0 amide bonds. The summed E-state index contributed by atoms with van der Waals surface area (Å²) >= 11 is 0. The van der Waals surface area contributed by atoms with E-state index in [4.69, 9.17) is 10.5 Å². The average molecular weight is 181 g/mol. The molecule has 0 heterocycles. The largest absolute Gasteiger partial charge is 0.469 e. The molecule has 0 aromatic rings. The van der Waals surface area contributed by atoms with Gasteiger partial charge in [-0.3, -0.25) is 4.79 Å². The molecule has 3 nitrogen and oxygen atoms in total. The second-order valence-corrected chi connectivity index (χ2v) is 3.92. The number of fused-ring (bicyclic) bond motifs is 2. The Bertz CT molecular complexity index is 249. The fourth-order valence-corrected chi connectivity index (χ4v) is 2.50. The summed E-state index contributed by atoms with van der Waals surface area (Å²) in [6.45, 7) is 0. The molecule has 4 atom stereocenters. The standard InChI is InChI=1S/C10H15NO2/c1-13-10(12)8-6-2-4-7(5-3-6)9(8)11/h2,4,6-9H,3,5,11H2,1H3. The maximum absolute atomic E-state index is 11.4. The summed E-state index contributed by atoms with van der Waals surface area (Å²) in [5.74, 6) is 0.446. The molecule has 72 valence electrons. The predicted octanol–water partition coefficient (Wildman–Crippen LogP) is 0.699. The lowest BCUT2D eigenvalue weighted by Gasteiger charge is -2.41. The van der Waals surface area contributed by atoms with Crippen molar-refractivity contribution in [2.24, 2.45) is 23.5 Å². The fraction of sp³-hybridized carbons (Fsp3) is 0.700. The smallest absolute Gasteiger partial charge is 0.310 e. The Labute approximate surface area is 77.9 Å². The van der Waals surface area contributed by atoms with E-state index in [0.29, 0.717) is 11.8 Å². The number of esters is 1. The average Bonchev–Trinajstić information content (AvgIpc) is 2.18. The summed E-state index contributed by atoms with van der Waals surface area (Å²) in [5.41, 5.74) is 5.99. The second kappa shape index (κ2) is 3.14. The van der Waals surface area contributed by atoms with Crippen LogP contribution in [0.2, 0.25) is 0 Å². The lowest BCUT2D eigenvalue weighted by molar-refractivity contribution is -0.149. The molecule has 1 fully saturated rings. The highest BCUT2D eigenvalue weighted by atomic mass is 16.5. The van der Waals surface area contributed by atoms with Crippen LogP contribution in [0.5, 0.6) is 0 Å². The molecule has 0 aromatic carbocycles. The molecule has 3 rings (SSSR count). The molecule has 3 aliphatic carbocycles. The van der Waals surface area contributed by atoms with Gasteiger partial charge in [-0.2, -0.15) is 0 Å². The van der Waals surface area contributed by atoms with E-state index in [1.807, 2.05) is 0 Å². The lowest BCUT2D eigenvalue weighted by atomic mass is 9.66. The number of hydrogen-bond donors (Lipinski definition) is 1. The quantitative estimate of drug-likeness (QED) is 0.478. The van der Waals surface area contributed by atoms with Crippen LogP contribution in [0.3, 0.4) is 0 Å². The van der Waals surface area contributed by atoms with Crippen molar-refractivity contribution in [3.8, 4) is 0 Å². The Kier molecular flexibility index (Phi) is 2.12. The van der Waals surface area contributed by atoms with Gasteiger partial charge in [0.2, 0.25) is 0 Å². The summed E-state index contributed by atoms with van der Waals surface area (Å²) in [5, 5.41) is 0. The van der Waals surface area contributed by atoms with Gasteiger partial charge < -0.3 is 10.5 Å². The molecule has 0 saturated heterocycles. The minimum absolute atomic E-state index is 0.0313. The third-order valence-corrected chi connectivity index (χ3v) is 3.28. The normalized spacial score (nSPS) is 42.0. The van der Waals surface area contributed by atoms with Crippen molar-refractivity contribution in [3.05, 3.63) is 12.2 Å². The zero-order chi connectivity index (χ0) is 9.42. The van der Waals surface area contributed by atoms with Crippen molar-refractivity contribution in [2.45, 2.75) is 18.9 Å². The number of carbonyl (C=O) groups is 1. The molecular formula is C10H15NO2. The SMILES string of the molecule is COC(=O)C1C2C=CC(CC2)C1N. The molecule has 0 aromatic heterocycles. The van der Waals surface area contributed by atoms with Gasteiger partial charge in [-0.25, -0.2) is 0 Å². The molecule has 2 bridgehead atoms. The molecule has 2 N–H and O–H groups in total. The Morgan fingerprint density at radius 1 is 1.38 bits per heavy atom. The fourth-order valence-electron chi connectivity index (χ4n) is 2.50. The molecule has 3 aliphatic rings. The summed E-state index contributed by atoms with van der Waals surface area (Å²) in [6.07, 6.45) is 6.47. The molecule has 0 spiro atoms. The van der Waals surface area contributed by atoms with E-state index in [-0.39, 0.29) is 17.9 Å². The van der Waals surface area contributed by atoms with Crippen molar-refractivity contribution >= 4 is 5.97 Å². The number of allylic oxidation sites excluding steroid dienone is 1. The number of rotatable bonds is 1. The Balaban J connectivity index is 2.21. The van der Waals surface area contributed by atoms with E-state index < -0.39 is 0 Å². The van der Waals surface area contributed by atoms with Gasteiger partial charge >= 0.3 is 5.97 Å². The van der Waals surface area contributed by atoms with Crippen molar-refractivity contribution in [1.29, 1.82) is 0 Å². The van der Waals surface area contributed by atoms with Gasteiger partial charge in [0.05, 0.1) is 13.0 Å². The van der Waals surface area contributed by atoms with Gasteiger partial charge in [0, 0.05) is 6.04 Å². The number of ether oxygens (including phenoxy) is 1. The first-order chi connectivity index (χ1) is 6.24. The third kappa shape index (κ3) is 1.27. The summed E-state index contributed by atoms with van der Waals surface area (Å²) < 4.78 is 4.76. The van der Waals surface area contributed by atoms with Crippen LogP contribution in [0.25, 0.3) is 0 Å². The molecule has 1 saturated carbocycles. The van der Waals surface area contributed by atoms with Gasteiger partial charge in [0.25, 0.3) is 0 Å². The van der Waals surface area contributed by atoms with E-state index in [0.717, 1.165) is 12.8 Å². The number of hydrogen-bond acceptors (Lipinski definition) is 3. The first-order valence-electron chi connectivity index (χ1n) is 4.76. The van der Waals surface area contributed by atoms with E-state index >= 15 is 0 Å². The van der Waals surface area contributed by atoms with Gasteiger partial charge in [-0.05, 0) is 24.7 Å². The van der Waals surface area contributed by atoms with E-state index in [9.17, 15) is 4.79 Å². The molecule has 0 aliphatic heterocycles. The lowest BCUT2D eigenvalue weighted by Crippen LogP contribution is -2.50. The van der Waals surface area contributed by atoms with Crippen LogP contribution in [-0.2, 0) is 9.53 Å². The number of nitrogens with two attached hydrogens (primary N) is 1. The number of methoxy groups -OCH3 is 1. The zero-order valence-corrected chi connectivity index (χ0v) is 7.77. The summed E-state index contributed by atoms with van der Waals surface area (Å²) in [6, 6.07) is -0.0313. The second-order valence-electron chi connectivity index (χ2n) is 3.92. The molecule has 4 unspecified atom stereocenters. The van der Waals surface area contributed by atoms with E-state index in [1.54, 1.807) is 0 Å². The Morgan fingerprint density at radius 2 is 2.00 bits per heavy atom. The van der Waals surface area contributed by atoms with Crippen LogP contribution in [-0.4, -0.2) is 19.1 Å². The molecule has 3 heteroatoms. The van der Waals surface area contributed by atoms with Crippen LogP contribution in [0, 0.1) is 17.8 Å². The maximum Gasteiger partial charge on any atom is 0.310 e. The van der Waals surface area contributed by atoms with Crippen LogP contribution in [0.15, 0.2) is 12.2 Å². The van der Waals surface area contributed by atoms with Gasteiger partial charge in [-0.1, -0.05) is 12.2 Å². The van der Waals surface area contributed by atoms with Crippen molar-refractivity contribution < 1.29 is 9.53 Å². The van der Waals surface area contributed by atoms with Gasteiger partial charge in [0.1, 0.15) is 0 Å². The molecule has 0 radical (unpaired) electrons. The highest BCUT2D eigenvalue weighted by Crippen LogP contribution is 2.40. The topological polar surface area (TPSA) is 52.3 Å². The Hall–Kier alpha value is -0.830. The first-order valence-corrected chi connectivity index (χ1v) is 4.76. The highest BCUT2D eigenvalue weighted by molar-refractivity contribution is 5.74. The predicted molar refractivity (Wildman–Crippen MR) is 48.8 cm³/mol. The van der Waals surface area contributed by atoms with Crippen LogP contribution >= 0.6 is 0 Å². The zero-order valence-electron chi connectivity index (χ0n) is 7.77. The monoisotopic (exact) mass is 181 g/mol. The van der Waals surface area contributed by atoms with Gasteiger partial charge in [-0.15, -0.1) is 0 Å². The van der Waals surface area contributed by atoms with Crippen LogP contribution < -0.4 is 5.73 Å². The van der Waals surface area contributed by atoms with Crippen molar-refractivity contribution in [3.63, 3.8) is 0 Å². The first kappa shape index (κ1) is 8.75. The highest BCUT2D eigenvalue weighted by Gasteiger charge is 2.43. The minimum atomic E-state index is -0.147. The number of carbonyl (C=O) groups excluding carboxylic acids is 1. The van der Waals surface area contributed by atoms with Crippen LogP contribution in [0.1, 0.15) is 12.8 Å². The molecular weight excluding hydrogens is 166 g/mol. The van der Waals surface area contributed by atoms with Crippen LogP contribution in [0.4, 0.5) is 0 Å². The van der Waals surface area contributed by atoms with Crippen molar-refractivity contribution in [1.82, 2.24) is 0 Å². The summed E-state index contributed by atoms with van der Waals surface area (Å²) in [4.78, 5) is 11.4.